The Morgan fingerprint density at radius 1 is 1.19 bits per heavy atom. The molecular weight excluding hydrogens is 339 g/mol. The first-order valence-electron chi connectivity index (χ1n) is 10.5. The molecule has 3 heteroatoms. The third kappa shape index (κ3) is 5.09. The zero-order valence-electron chi connectivity index (χ0n) is 16.6. The van der Waals surface area contributed by atoms with E-state index in [2.05, 4.69) is 19.9 Å². The summed E-state index contributed by atoms with van der Waals surface area (Å²) in [4.78, 5) is 12.3. The summed E-state index contributed by atoms with van der Waals surface area (Å²) in [5.74, 6) is 1.85. The van der Waals surface area contributed by atoms with Crippen LogP contribution >= 0.6 is 0 Å². The minimum Gasteiger partial charge on any atom is -0.427 e. The van der Waals surface area contributed by atoms with Crippen molar-refractivity contribution in [3.63, 3.8) is 0 Å². The van der Waals surface area contributed by atoms with Gasteiger partial charge in [-0.25, -0.2) is 9.18 Å². The van der Waals surface area contributed by atoms with Crippen molar-refractivity contribution in [1.29, 1.82) is 0 Å². The van der Waals surface area contributed by atoms with Crippen LogP contribution in [-0.4, -0.2) is 0 Å². The van der Waals surface area contributed by atoms with Gasteiger partial charge in [0.15, 0.2) is 0 Å². The lowest BCUT2D eigenvalue weighted by atomic mass is 9.81. The first-order valence-corrected chi connectivity index (χ1v) is 10.5. The van der Waals surface area contributed by atoms with E-state index in [0.29, 0.717) is 29.6 Å². The molecule has 0 saturated heterocycles. The van der Waals surface area contributed by atoms with Crippen molar-refractivity contribution in [1.82, 2.24) is 0 Å². The molecular formula is C24H31FO2. The lowest BCUT2D eigenvalue weighted by Gasteiger charge is -2.25. The number of hydrogen-bond acceptors (Lipinski definition) is 2. The molecule has 0 unspecified atom stereocenters. The van der Waals surface area contributed by atoms with Crippen LogP contribution in [0.15, 0.2) is 39.6 Å². The molecule has 1 aromatic heterocycles. The van der Waals surface area contributed by atoms with Gasteiger partial charge in [0.05, 0.1) is 0 Å². The fourth-order valence-electron chi connectivity index (χ4n) is 4.03. The molecule has 2 nitrogen and oxygen atoms in total. The molecule has 0 bridgehead atoms. The van der Waals surface area contributed by atoms with Gasteiger partial charge in [-0.3, -0.25) is 0 Å². The molecule has 1 saturated carbocycles. The highest BCUT2D eigenvalue weighted by Crippen LogP contribution is 2.30. The molecule has 2 aromatic rings. The molecule has 146 valence electrons. The minimum atomic E-state index is -0.557. The van der Waals surface area contributed by atoms with Gasteiger partial charge in [-0.1, -0.05) is 57.4 Å². The molecule has 1 aliphatic carbocycles. The Kier molecular flexibility index (Phi) is 6.87. The van der Waals surface area contributed by atoms with E-state index in [1.807, 2.05) is 12.1 Å². The van der Waals surface area contributed by atoms with E-state index < -0.39 is 11.4 Å². The number of halogens is 1. The highest BCUT2D eigenvalue weighted by atomic mass is 19.1. The van der Waals surface area contributed by atoms with Crippen molar-refractivity contribution in [3.05, 3.63) is 57.9 Å². The van der Waals surface area contributed by atoms with Gasteiger partial charge in [0, 0.05) is 6.42 Å². The van der Waals surface area contributed by atoms with E-state index in [9.17, 15) is 9.18 Å². The molecule has 1 heterocycles. The van der Waals surface area contributed by atoms with Gasteiger partial charge in [-0.05, 0) is 61.0 Å². The Bertz CT molecular complexity index is 841. The Labute approximate surface area is 161 Å². The fraction of sp³-hybridized carbons (Fsp3) is 0.542. The van der Waals surface area contributed by atoms with Crippen molar-refractivity contribution < 1.29 is 8.81 Å². The zero-order valence-corrected chi connectivity index (χ0v) is 16.6. The lowest BCUT2D eigenvalue weighted by Crippen LogP contribution is -2.11. The molecule has 1 aromatic carbocycles. The van der Waals surface area contributed by atoms with Gasteiger partial charge < -0.3 is 4.42 Å². The Morgan fingerprint density at radius 2 is 1.96 bits per heavy atom. The van der Waals surface area contributed by atoms with Gasteiger partial charge >= 0.3 is 5.63 Å². The lowest BCUT2D eigenvalue weighted by molar-refractivity contribution is 0.292. The summed E-state index contributed by atoms with van der Waals surface area (Å²) in [7, 11) is 0. The van der Waals surface area contributed by atoms with Crippen LogP contribution < -0.4 is 5.63 Å². The average Bonchev–Trinajstić information content (AvgIpc) is 2.66. The SMILES string of the molecule is CCCCc1cc2ccc(C/C=C/CC3CCC(C)CC3)c(F)c2c(=O)o1. The number of aryl methyl sites for hydroxylation is 1. The molecule has 1 aliphatic rings. The second-order valence-corrected chi connectivity index (χ2v) is 8.14. The largest absolute Gasteiger partial charge is 0.427 e. The summed E-state index contributed by atoms with van der Waals surface area (Å²) >= 11 is 0. The number of allylic oxidation sites excluding steroid dienone is 2. The van der Waals surface area contributed by atoms with Crippen molar-refractivity contribution in [2.45, 2.75) is 71.6 Å². The summed E-state index contributed by atoms with van der Waals surface area (Å²) < 4.78 is 20.2. The third-order valence-corrected chi connectivity index (χ3v) is 5.88. The van der Waals surface area contributed by atoms with Crippen molar-refractivity contribution in [2.24, 2.45) is 11.8 Å². The second-order valence-electron chi connectivity index (χ2n) is 8.14. The zero-order chi connectivity index (χ0) is 19.2. The maximum Gasteiger partial charge on any atom is 0.346 e. The summed E-state index contributed by atoms with van der Waals surface area (Å²) in [6.45, 7) is 4.42. The highest BCUT2D eigenvalue weighted by molar-refractivity contribution is 5.82. The molecule has 1 fully saturated rings. The van der Waals surface area contributed by atoms with Gasteiger partial charge in [-0.2, -0.15) is 0 Å². The average molecular weight is 371 g/mol. The van der Waals surface area contributed by atoms with Gasteiger partial charge in [0.2, 0.25) is 0 Å². The predicted octanol–water partition coefficient (Wildman–Crippen LogP) is 6.59. The van der Waals surface area contributed by atoms with Crippen LogP contribution in [0.3, 0.4) is 0 Å². The van der Waals surface area contributed by atoms with Crippen molar-refractivity contribution >= 4 is 10.8 Å². The third-order valence-electron chi connectivity index (χ3n) is 5.88. The number of benzene rings is 1. The van der Waals surface area contributed by atoms with Crippen molar-refractivity contribution in [3.8, 4) is 0 Å². The quantitative estimate of drug-likeness (QED) is 0.515. The van der Waals surface area contributed by atoms with Crippen molar-refractivity contribution in [2.75, 3.05) is 0 Å². The monoisotopic (exact) mass is 370 g/mol. The molecule has 0 spiro atoms. The molecule has 0 radical (unpaired) electrons. The minimum absolute atomic E-state index is 0.0856. The normalized spacial score (nSPS) is 20.6. The van der Waals surface area contributed by atoms with E-state index in [1.165, 1.54) is 25.7 Å². The van der Waals surface area contributed by atoms with E-state index in [1.54, 1.807) is 12.1 Å². The Hall–Kier alpha value is -1.90. The predicted molar refractivity (Wildman–Crippen MR) is 110 cm³/mol. The van der Waals surface area contributed by atoms with E-state index in [-0.39, 0.29) is 5.39 Å². The number of fused-ring (bicyclic) bond motifs is 1. The fourth-order valence-corrected chi connectivity index (χ4v) is 4.03. The molecule has 0 amide bonds. The van der Waals surface area contributed by atoms with E-state index in [0.717, 1.165) is 31.1 Å². The van der Waals surface area contributed by atoms with Crippen LogP contribution in [0.25, 0.3) is 10.8 Å². The summed E-state index contributed by atoms with van der Waals surface area (Å²) in [6.07, 6.45) is 13.8. The first kappa shape index (κ1) is 19.9. The maximum absolute atomic E-state index is 14.8. The molecule has 0 N–H and O–H groups in total. The van der Waals surface area contributed by atoms with Crippen LogP contribution in [0.5, 0.6) is 0 Å². The standard InChI is InChI=1S/C24H31FO2/c1-3-4-9-21-16-20-15-14-19(23(25)22(20)24(26)27-21)8-6-5-7-18-12-10-17(2)11-13-18/h5-6,14-18H,3-4,7-13H2,1-2H3/b6-5+. The summed E-state index contributed by atoms with van der Waals surface area (Å²) in [5.41, 5.74) is 0.00267. The van der Waals surface area contributed by atoms with E-state index in [4.69, 9.17) is 4.42 Å². The smallest absolute Gasteiger partial charge is 0.346 e. The summed E-state index contributed by atoms with van der Waals surface area (Å²) in [6, 6.07) is 5.45. The molecule has 0 atom stereocenters. The second kappa shape index (κ2) is 9.34. The first-order chi connectivity index (χ1) is 13.1. The number of rotatable bonds is 7. The van der Waals surface area contributed by atoms with Gasteiger partial charge in [0.1, 0.15) is 17.0 Å². The molecule has 27 heavy (non-hydrogen) atoms. The Morgan fingerprint density at radius 3 is 2.70 bits per heavy atom. The molecule has 3 rings (SSSR count). The van der Waals surface area contributed by atoms with Gasteiger partial charge in [0.25, 0.3) is 0 Å². The van der Waals surface area contributed by atoms with Crippen LogP contribution in [-0.2, 0) is 12.8 Å². The van der Waals surface area contributed by atoms with Gasteiger partial charge in [-0.15, -0.1) is 0 Å². The number of unbranched alkanes of at least 4 members (excludes halogenated alkanes) is 1. The number of hydrogen-bond donors (Lipinski definition) is 0. The highest BCUT2D eigenvalue weighted by Gasteiger charge is 2.17. The van der Waals surface area contributed by atoms with Crippen LogP contribution in [0.2, 0.25) is 0 Å². The van der Waals surface area contributed by atoms with E-state index >= 15 is 0 Å². The topological polar surface area (TPSA) is 30.2 Å². The maximum atomic E-state index is 14.8. The molecule has 0 aliphatic heterocycles. The Balaban J connectivity index is 1.68. The van der Waals surface area contributed by atoms with Crippen LogP contribution in [0.4, 0.5) is 4.39 Å². The van der Waals surface area contributed by atoms with Crippen LogP contribution in [0.1, 0.15) is 70.1 Å². The van der Waals surface area contributed by atoms with Crippen LogP contribution in [0, 0.1) is 17.7 Å². The summed E-state index contributed by atoms with van der Waals surface area (Å²) in [5, 5.41) is 0.723.